The van der Waals surface area contributed by atoms with Crippen LogP contribution in [0.1, 0.15) is 33.3 Å². The predicted molar refractivity (Wildman–Crippen MR) is 76.5 cm³/mol. The summed E-state index contributed by atoms with van der Waals surface area (Å²) in [5.41, 5.74) is 2.42. The van der Waals surface area contributed by atoms with E-state index in [4.69, 9.17) is 9.31 Å². The van der Waals surface area contributed by atoms with Crippen LogP contribution in [0.2, 0.25) is 0 Å². The van der Waals surface area contributed by atoms with Crippen molar-refractivity contribution in [1.29, 1.82) is 0 Å². The second-order valence-electron chi connectivity index (χ2n) is 6.17. The Morgan fingerprint density at radius 1 is 1.16 bits per heavy atom. The Morgan fingerprint density at radius 2 is 1.79 bits per heavy atom. The molecule has 0 spiro atoms. The van der Waals surface area contributed by atoms with Gasteiger partial charge in [0.1, 0.15) is 5.65 Å². The Hall–Kier alpha value is -1.33. The maximum Gasteiger partial charge on any atom is 0.496 e. The van der Waals surface area contributed by atoms with E-state index in [-0.39, 0.29) is 18.3 Å². The third kappa shape index (κ3) is 1.80. The summed E-state index contributed by atoms with van der Waals surface area (Å²) in [6, 6.07) is 2.03. The maximum absolute atomic E-state index is 6.08. The minimum Gasteiger partial charge on any atom is -0.399 e. The van der Waals surface area contributed by atoms with Crippen molar-refractivity contribution in [3.63, 3.8) is 0 Å². The zero-order valence-electron chi connectivity index (χ0n) is 12.1. The van der Waals surface area contributed by atoms with Gasteiger partial charge in [0.25, 0.3) is 0 Å². The van der Waals surface area contributed by atoms with Gasteiger partial charge in [-0.15, -0.1) is 0 Å². The van der Waals surface area contributed by atoms with Crippen LogP contribution in [0.5, 0.6) is 0 Å². The van der Waals surface area contributed by atoms with Crippen LogP contribution >= 0.6 is 0 Å². The Balaban J connectivity index is 2.04. The lowest BCUT2D eigenvalue weighted by Gasteiger charge is -2.32. The van der Waals surface area contributed by atoms with E-state index in [1.807, 2.05) is 18.5 Å². The fourth-order valence-corrected chi connectivity index (χ4v) is 2.36. The molecule has 1 aliphatic rings. The Bertz CT molecular complexity index is 617. The molecule has 1 N–H and O–H groups in total. The van der Waals surface area contributed by atoms with Crippen LogP contribution in [-0.4, -0.2) is 28.3 Å². The van der Waals surface area contributed by atoms with Crippen LogP contribution in [-0.2, 0) is 9.31 Å². The molecule has 2 aromatic heterocycles. The number of hydrogen-bond acceptors (Lipinski definition) is 3. The zero-order chi connectivity index (χ0) is 13.8. The number of aryl methyl sites for hydroxylation is 1. The SMILES string of the molecule is Cc1c(B2OC(C)(C)C(C)(C)O2)cnc2[nH]ccc12. The summed E-state index contributed by atoms with van der Waals surface area (Å²) >= 11 is 0. The lowest BCUT2D eigenvalue weighted by atomic mass is 9.77. The van der Waals surface area contributed by atoms with Crippen molar-refractivity contribution in [2.24, 2.45) is 0 Å². The van der Waals surface area contributed by atoms with Gasteiger partial charge < -0.3 is 14.3 Å². The number of pyridine rings is 1. The average Bonchev–Trinajstić information content (AvgIpc) is 2.83. The molecule has 0 bridgehead atoms. The summed E-state index contributed by atoms with van der Waals surface area (Å²) in [6.45, 7) is 10.3. The first-order valence-corrected chi connectivity index (χ1v) is 6.60. The molecule has 1 aliphatic heterocycles. The molecule has 3 heterocycles. The minimum absolute atomic E-state index is 0.322. The molecular weight excluding hydrogens is 239 g/mol. The molecule has 0 unspecified atom stereocenters. The highest BCUT2D eigenvalue weighted by Gasteiger charge is 2.52. The van der Waals surface area contributed by atoms with Gasteiger partial charge in [-0.05, 0) is 46.2 Å². The third-order valence-corrected chi connectivity index (χ3v) is 4.40. The molecule has 1 fully saturated rings. The number of aromatic nitrogens is 2. The zero-order valence-corrected chi connectivity index (χ0v) is 12.1. The summed E-state index contributed by atoms with van der Waals surface area (Å²) in [7, 11) is -0.350. The molecule has 0 radical (unpaired) electrons. The number of rotatable bonds is 1. The molecule has 5 heteroatoms. The molecule has 0 aromatic carbocycles. The number of H-pyrrole nitrogens is 1. The summed E-state index contributed by atoms with van der Waals surface area (Å²) in [4.78, 5) is 7.54. The van der Waals surface area contributed by atoms with Crippen molar-refractivity contribution in [3.05, 3.63) is 24.0 Å². The normalized spacial score (nSPS) is 21.2. The number of nitrogens with zero attached hydrogens (tertiary/aromatic N) is 1. The van der Waals surface area contributed by atoms with Gasteiger partial charge in [0.15, 0.2) is 0 Å². The van der Waals surface area contributed by atoms with Crippen molar-refractivity contribution >= 4 is 23.6 Å². The molecule has 2 aromatic rings. The van der Waals surface area contributed by atoms with Crippen LogP contribution in [0.25, 0.3) is 11.0 Å². The van der Waals surface area contributed by atoms with Gasteiger partial charge in [-0.2, -0.15) is 0 Å². The molecule has 0 amide bonds. The lowest BCUT2D eigenvalue weighted by Crippen LogP contribution is -2.41. The van der Waals surface area contributed by atoms with E-state index in [0.29, 0.717) is 0 Å². The molecule has 19 heavy (non-hydrogen) atoms. The highest BCUT2D eigenvalue weighted by Crippen LogP contribution is 2.36. The number of hydrogen-bond donors (Lipinski definition) is 1. The van der Waals surface area contributed by atoms with E-state index in [9.17, 15) is 0 Å². The van der Waals surface area contributed by atoms with Gasteiger partial charge >= 0.3 is 7.12 Å². The van der Waals surface area contributed by atoms with E-state index < -0.39 is 0 Å². The van der Waals surface area contributed by atoms with Crippen LogP contribution in [0, 0.1) is 6.92 Å². The Kier molecular flexibility index (Phi) is 2.56. The first-order valence-electron chi connectivity index (χ1n) is 6.60. The van der Waals surface area contributed by atoms with Crippen LogP contribution in [0.4, 0.5) is 0 Å². The monoisotopic (exact) mass is 258 g/mol. The summed E-state index contributed by atoms with van der Waals surface area (Å²) < 4.78 is 12.2. The largest absolute Gasteiger partial charge is 0.496 e. The Labute approximate surface area is 113 Å². The van der Waals surface area contributed by atoms with Crippen LogP contribution < -0.4 is 5.46 Å². The molecule has 1 saturated heterocycles. The van der Waals surface area contributed by atoms with E-state index in [0.717, 1.165) is 22.1 Å². The quantitative estimate of drug-likeness (QED) is 0.797. The first kappa shape index (κ1) is 12.7. The third-order valence-electron chi connectivity index (χ3n) is 4.40. The Morgan fingerprint density at radius 3 is 2.42 bits per heavy atom. The topological polar surface area (TPSA) is 47.1 Å². The molecule has 3 rings (SSSR count). The second-order valence-corrected chi connectivity index (χ2v) is 6.17. The van der Waals surface area contributed by atoms with Crippen LogP contribution in [0.15, 0.2) is 18.5 Å². The second kappa shape index (κ2) is 3.84. The molecule has 4 nitrogen and oxygen atoms in total. The van der Waals surface area contributed by atoms with Crippen molar-refractivity contribution in [1.82, 2.24) is 9.97 Å². The summed E-state index contributed by atoms with van der Waals surface area (Å²) in [5, 5.41) is 1.12. The highest BCUT2D eigenvalue weighted by atomic mass is 16.7. The lowest BCUT2D eigenvalue weighted by molar-refractivity contribution is 0.00578. The number of aromatic amines is 1. The van der Waals surface area contributed by atoms with Crippen molar-refractivity contribution < 1.29 is 9.31 Å². The van der Waals surface area contributed by atoms with E-state index in [1.165, 1.54) is 0 Å². The molecule has 0 atom stereocenters. The maximum atomic E-state index is 6.08. The molecule has 0 saturated carbocycles. The highest BCUT2D eigenvalue weighted by molar-refractivity contribution is 6.62. The summed E-state index contributed by atoms with van der Waals surface area (Å²) in [5.74, 6) is 0. The van der Waals surface area contributed by atoms with Crippen molar-refractivity contribution in [2.45, 2.75) is 45.8 Å². The molecule has 0 aliphatic carbocycles. The fourth-order valence-electron chi connectivity index (χ4n) is 2.36. The average molecular weight is 258 g/mol. The van der Waals surface area contributed by atoms with Gasteiger partial charge in [0.2, 0.25) is 0 Å². The standard InChI is InChI=1S/C14H19BN2O2/c1-9-10-6-7-16-12(10)17-8-11(9)15-18-13(2,3)14(4,5)19-15/h6-8H,1-5H3,(H,16,17). The van der Waals surface area contributed by atoms with E-state index >= 15 is 0 Å². The smallest absolute Gasteiger partial charge is 0.399 e. The van der Waals surface area contributed by atoms with Crippen molar-refractivity contribution in [3.8, 4) is 0 Å². The number of nitrogens with one attached hydrogen (secondary N) is 1. The first-order chi connectivity index (χ1) is 8.82. The molecular formula is C14H19BN2O2. The van der Waals surface area contributed by atoms with E-state index in [2.05, 4.69) is 44.6 Å². The summed E-state index contributed by atoms with van der Waals surface area (Å²) in [6.07, 6.45) is 3.75. The van der Waals surface area contributed by atoms with Gasteiger partial charge in [-0.3, -0.25) is 0 Å². The predicted octanol–water partition coefficient (Wildman–Crippen LogP) is 2.17. The minimum atomic E-state index is -0.350. The molecule has 100 valence electrons. The number of fused-ring (bicyclic) bond motifs is 1. The van der Waals surface area contributed by atoms with Crippen molar-refractivity contribution in [2.75, 3.05) is 0 Å². The van der Waals surface area contributed by atoms with Gasteiger partial charge in [-0.1, -0.05) is 0 Å². The van der Waals surface area contributed by atoms with Crippen LogP contribution in [0.3, 0.4) is 0 Å². The van der Waals surface area contributed by atoms with Gasteiger partial charge in [-0.25, -0.2) is 4.98 Å². The van der Waals surface area contributed by atoms with E-state index in [1.54, 1.807) is 0 Å². The van der Waals surface area contributed by atoms with Gasteiger partial charge in [0.05, 0.1) is 11.2 Å². The van der Waals surface area contributed by atoms with Gasteiger partial charge in [0, 0.05) is 23.2 Å². The fraction of sp³-hybridized carbons (Fsp3) is 0.500.